The lowest BCUT2D eigenvalue weighted by atomic mass is 9.95. The Bertz CT molecular complexity index is 608. The van der Waals surface area contributed by atoms with Crippen LogP contribution in [-0.4, -0.2) is 25.7 Å². The number of carbonyl (C=O) groups excluding carboxylic acids is 1. The minimum absolute atomic E-state index is 0.0504. The minimum atomic E-state index is -3.20. The largest absolute Gasteiger partial charge is 0.294 e. The number of halogens is 2. The average molecular weight is 274 g/mol. The Labute approximate surface area is 104 Å². The summed E-state index contributed by atoms with van der Waals surface area (Å²) in [4.78, 5) is 12.0. The summed E-state index contributed by atoms with van der Waals surface area (Å²) in [5, 5.41) is 0. The maximum Gasteiger partial charge on any atom is 0.169 e. The molecule has 0 saturated carbocycles. The molecule has 1 saturated heterocycles. The van der Waals surface area contributed by atoms with Crippen LogP contribution in [0.25, 0.3) is 0 Å². The Morgan fingerprint density at radius 1 is 1.28 bits per heavy atom. The van der Waals surface area contributed by atoms with E-state index in [-0.39, 0.29) is 29.1 Å². The fourth-order valence-corrected chi connectivity index (χ4v) is 3.81. The number of hydrogen-bond acceptors (Lipinski definition) is 3. The summed E-state index contributed by atoms with van der Waals surface area (Å²) in [5.41, 5.74) is -0.0587. The molecule has 1 aliphatic rings. The van der Waals surface area contributed by atoms with E-state index in [1.54, 1.807) is 0 Å². The van der Waals surface area contributed by atoms with E-state index in [4.69, 9.17) is 0 Å². The lowest BCUT2D eigenvalue weighted by Gasteiger charge is -2.09. The van der Waals surface area contributed by atoms with Crippen LogP contribution in [0, 0.1) is 24.5 Å². The van der Waals surface area contributed by atoms with Crippen LogP contribution in [0.15, 0.2) is 12.1 Å². The molecule has 0 spiro atoms. The molecule has 3 nitrogen and oxygen atoms in total. The van der Waals surface area contributed by atoms with Gasteiger partial charge in [0.15, 0.2) is 15.6 Å². The molecule has 1 atom stereocenters. The van der Waals surface area contributed by atoms with E-state index in [9.17, 15) is 22.0 Å². The second-order valence-corrected chi connectivity index (χ2v) is 6.77. The molecule has 18 heavy (non-hydrogen) atoms. The van der Waals surface area contributed by atoms with E-state index in [1.807, 2.05) is 0 Å². The molecule has 1 heterocycles. The number of Topliss-reactive ketones (excluding diaryl/α,β-unsaturated/α-hetero) is 1. The number of hydrogen-bond donors (Lipinski definition) is 0. The zero-order valence-corrected chi connectivity index (χ0v) is 10.6. The number of rotatable bonds is 2. The molecule has 1 aliphatic heterocycles. The van der Waals surface area contributed by atoms with Crippen molar-refractivity contribution in [1.82, 2.24) is 0 Å². The molecule has 0 bridgehead atoms. The molecule has 6 heteroatoms. The quantitative estimate of drug-likeness (QED) is 0.774. The van der Waals surface area contributed by atoms with Crippen LogP contribution in [0.3, 0.4) is 0 Å². The van der Waals surface area contributed by atoms with Gasteiger partial charge in [0.05, 0.1) is 17.1 Å². The predicted octanol–water partition coefficient (Wildman–Crippen LogP) is 1.89. The molecule has 1 aromatic carbocycles. The molecule has 1 fully saturated rings. The van der Waals surface area contributed by atoms with Crippen molar-refractivity contribution in [3.63, 3.8) is 0 Å². The standard InChI is InChI=1S/C12H12F2O3S/c1-7-4-9(11(14)5-10(7)13)12(15)8-2-3-18(16,17)6-8/h4-5,8H,2-3,6H2,1H3. The van der Waals surface area contributed by atoms with Crippen molar-refractivity contribution in [2.75, 3.05) is 11.5 Å². The van der Waals surface area contributed by atoms with Crippen LogP contribution in [0.5, 0.6) is 0 Å². The molecule has 0 radical (unpaired) electrons. The minimum Gasteiger partial charge on any atom is -0.294 e. The molecule has 1 unspecified atom stereocenters. The van der Waals surface area contributed by atoms with Gasteiger partial charge in [0.2, 0.25) is 0 Å². The second-order valence-electron chi connectivity index (χ2n) is 4.55. The molecule has 0 amide bonds. The maximum atomic E-state index is 13.5. The first kappa shape index (κ1) is 13.1. The molecule has 0 N–H and O–H groups in total. The molecular formula is C12H12F2O3S. The van der Waals surface area contributed by atoms with Crippen molar-refractivity contribution in [1.29, 1.82) is 0 Å². The number of aryl methyl sites for hydroxylation is 1. The fraction of sp³-hybridized carbons (Fsp3) is 0.417. The van der Waals surface area contributed by atoms with Gasteiger partial charge in [-0.15, -0.1) is 0 Å². The van der Waals surface area contributed by atoms with Gasteiger partial charge in [0, 0.05) is 12.0 Å². The highest BCUT2D eigenvalue weighted by molar-refractivity contribution is 7.91. The van der Waals surface area contributed by atoms with Gasteiger partial charge in [-0.1, -0.05) is 0 Å². The zero-order valence-electron chi connectivity index (χ0n) is 9.74. The zero-order chi connectivity index (χ0) is 13.5. The Hall–Kier alpha value is -1.30. The van der Waals surface area contributed by atoms with Gasteiger partial charge < -0.3 is 0 Å². The van der Waals surface area contributed by atoms with Gasteiger partial charge in [0.1, 0.15) is 11.6 Å². The molecule has 0 aromatic heterocycles. The first-order valence-electron chi connectivity index (χ1n) is 5.50. The summed E-state index contributed by atoms with van der Waals surface area (Å²) in [6.07, 6.45) is 0.205. The number of carbonyl (C=O) groups is 1. The summed E-state index contributed by atoms with van der Waals surface area (Å²) in [7, 11) is -3.20. The topological polar surface area (TPSA) is 51.2 Å². The smallest absolute Gasteiger partial charge is 0.169 e. The number of ketones is 1. The maximum absolute atomic E-state index is 13.5. The van der Waals surface area contributed by atoms with E-state index >= 15 is 0 Å². The lowest BCUT2D eigenvalue weighted by molar-refractivity contribution is 0.0929. The summed E-state index contributed by atoms with van der Waals surface area (Å²) >= 11 is 0. The lowest BCUT2D eigenvalue weighted by Crippen LogP contribution is -2.18. The predicted molar refractivity (Wildman–Crippen MR) is 62.2 cm³/mol. The summed E-state index contributed by atoms with van der Waals surface area (Å²) < 4.78 is 49.1. The van der Waals surface area contributed by atoms with E-state index in [2.05, 4.69) is 0 Å². The van der Waals surface area contributed by atoms with Crippen molar-refractivity contribution < 1.29 is 22.0 Å². The van der Waals surface area contributed by atoms with Gasteiger partial charge >= 0.3 is 0 Å². The van der Waals surface area contributed by atoms with Crippen molar-refractivity contribution in [2.24, 2.45) is 5.92 Å². The number of sulfone groups is 1. The third-order valence-corrected chi connectivity index (χ3v) is 4.88. The molecular weight excluding hydrogens is 262 g/mol. The van der Waals surface area contributed by atoms with E-state index in [0.29, 0.717) is 6.07 Å². The Kier molecular flexibility index (Phi) is 3.23. The van der Waals surface area contributed by atoms with Crippen LogP contribution < -0.4 is 0 Å². The van der Waals surface area contributed by atoms with E-state index in [0.717, 1.165) is 6.07 Å². The first-order chi connectivity index (χ1) is 8.30. The third kappa shape index (κ3) is 2.43. The summed E-state index contributed by atoms with van der Waals surface area (Å²) in [6.45, 7) is 1.43. The Morgan fingerprint density at radius 2 is 1.94 bits per heavy atom. The van der Waals surface area contributed by atoms with Crippen molar-refractivity contribution in [3.8, 4) is 0 Å². The highest BCUT2D eigenvalue weighted by Gasteiger charge is 2.34. The third-order valence-electron chi connectivity index (χ3n) is 3.12. The van der Waals surface area contributed by atoms with Crippen molar-refractivity contribution in [3.05, 3.63) is 34.9 Å². The number of benzene rings is 1. The highest BCUT2D eigenvalue weighted by Crippen LogP contribution is 2.25. The molecule has 2 rings (SSSR count). The van der Waals surface area contributed by atoms with E-state index < -0.39 is 33.2 Å². The second kappa shape index (κ2) is 4.42. The normalized spacial score (nSPS) is 22.1. The van der Waals surface area contributed by atoms with Gasteiger partial charge in [0.25, 0.3) is 0 Å². The SMILES string of the molecule is Cc1cc(C(=O)C2CCS(=O)(=O)C2)c(F)cc1F. The monoisotopic (exact) mass is 274 g/mol. The van der Waals surface area contributed by atoms with Gasteiger partial charge in [-0.05, 0) is 25.0 Å². The van der Waals surface area contributed by atoms with Gasteiger partial charge in [-0.25, -0.2) is 17.2 Å². The van der Waals surface area contributed by atoms with Crippen molar-refractivity contribution in [2.45, 2.75) is 13.3 Å². The average Bonchev–Trinajstić information content (AvgIpc) is 2.63. The Morgan fingerprint density at radius 3 is 2.50 bits per heavy atom. The molecule has 98 valence electrons. The van der Waals surface area contributed by atoms with Gasteiger partial charge in [-0.2, -0.15) is 0 Å². The van der Waals surface area contributed by atoms with Crippen LogP contribution in [0.1, 0.15) is 22.3 Å². The van der Waals surface area contributed by atoms with Gasteiger partial charge in [-0.3, -0.25) is 4.79 Å². The molecule has 1 aromatic rings. The van der Waals surface area contributed by atoms with Crippen LogP contribution in [0.4, 0.5) is 8.78 Å². The fourth-order valence-electron chi connectivity index (χ4n) is 2.07. The first-order valence-corrected chi connectivity index (χ1v) is 7.32. The summed E-state index contributed by atoms with van der Waals surface area (Å²) in [6, 6.07) is 1.80. The van der Waals surface area contributed by atoms with Crippen LogP contribution >= 0.6 is 0 Å². The van der Waals surface area contributed by atoms with Crippen LogP contribution in [-0.2, 0) is 9.84 Å². The highest BCUT2D eigenvalue weighted by atomic mass is 32.2. The van der Waals surface area contributed by atoms with Crippen molar-refractivity contribution >= 4 is 15.6 Å². The Balaban J connectivity index is 2.33. The van der Waals surface area contributed by atoms with Crippen LogP contribution in [0.2, 0.25) is 0 Å². The molecule has 0 aliphatic carbocycles. The van der Waals surface area contributed by atoms with E-state index in [1.165, 1.54) is 6.92 Å². The summed E-state index contributed by atoms with van der Waals surface area (Å²) in [5.74, 6) is -3.23.